The van der Waals surface area contributed by atoms with E-state index in [0.717, 1.165) is 5.56 Å². The molecule has 8 nitrogen and oxygen atoms in total. The molecule has 0 aliphatic heterocycles. The molecule has 0 bridgehead atoms. The van der Waals surface area contributed by atoms with E-state index in [-0.39, 0.29) is 18.1 Å². The van der Waals surface area contributed by atoms with E-state index in [1.165, 1.54) is 23.9 Å². The van der Waals surface area contributed by atoms with Crippen LogP contribution < -0.4 is 16.4 Å². The number of phenolic OH excluding ortho intramolecular Hbond substituents is 1. The number of nitrogens with one attached hydrogen (secondary N) is 2. The lowest BCUT2D eigenvalue weighted by atomic mass is 9.97. The highest BCUT2D eigenvalue weighted by Crippen LogP contribution is 2.13. The fourth-order valence-electron chi connectivity index (χ4n) is 2.70. The number of aliphatic carboxylic acids is 1. The molecule has 0 saturated carbocycles. The van der Waals surface area contributed by atoms with Crippen LogP contribution in [0.4, 0.5) is 0 Å². The fourth-order valence-corrected chi connectivity index (χ4v) is 3.17. The first-order valence-corrected chi connectivity index (χ1v) is 10.9. The van der Waals surface area contributed by atoms with E-state index in [0.29, 0.717) is 18.6 Å². The Morgan fingerprint density at radius 3 is 2.28 bits per heavy atom. The molecule has 4 atom stereocenters. The summed E-state index contributed by atoms with van der Waals surface area (Å²) in [6.45, 7) is 3.70. The molecule has 0 aliphatic rings. The zero-order valence-corrected chi connectivity index (χ0v) is 17.9. The van der Waals surface area contributed by atoms with Crippen molar-refractivity contribution < 1.29 is 24.6 Å². The van der Waals surface area contributed by atoms with Crippen molar-refractivity contribution in [2.75, 3.05) is 12.0 Å². The van der Waals surface area contributed by atoms with Crippen molar-refractivity contribution >= 4 is 29.5 Å². The number of benzene rings is 1. The average Bonchev–Trinajstić information content (AvgIpc) is 2.69. The van der Waals surface area contributed by atoms with E-state index in [9.17, 15) is 24.6 Å². The topological polar surface area (TPSA) is 142 Å². The molecule has 0 heterocycles. The number of carbonyl (C=O) groups is 3. The minimum absolute atomic E-state index is 0.120. The molecule has 1 aromatic carbocycles. The number of amides is 2. The van der Waals surface area contributed by atoms with Crippen molar-refractivity contribution in [2.24, 2.45) is 11.7 Å². The third kappa shape index (κ3) is 8.33. The Kier molecular flexibility index (Phi) is 10.5. The van der Waals surface area contributed by atoms with Crippen LogP contribution in [0.2, 0.25) is 0 Å². The molecule has 1 aromatic rings. The van der Waals surface area contributed by atoms with Crippen LogP contribution in [-0.2, 0) is 20.8 Å². The Bertz CT molecular complexity index is 683. The monoisotopic (exact) mass is 425 g/mol. The molecule has 6 N–H and O–H groups in total. The molecule has 0 saturated heterocycles. The smallest absolute Gasteiger partial charge is 0.326 e. The highest BCUT2D eigenvalue weighted by Gasteiger charge is 2.30. The molecule has 0 aliphatic carbocycles. The lowest BCUT2D eigenvalue weighted by Gasteiger charge is -2.26. The first-order valence-electron chi connectivity index (χ1n) is 9.55. The standard InChI is InChI=1S/C20H31N3O5S/c1-4-12(2)17(19(26)22-16(20(27)28)9-10-29-3)23-18(25)15(21)11-13-5-7-14(24)8-6-13/h5-8,12,15-17,24H,4,9-11,21H2,1-3H3,(H,22,26)(H,23,25)(H,27,28). The summed E-state index contributed by atoms with van der Waals surface area (Å²) < 4.78 is 0. The average molecular weight is 426 g/mol. The van der Waals surface area contributed by atoms with Crippen LogP contribution in [0.15, 0.2) is 24.3 Å². The number of thioether (sulfide) groups is 1. The molecule has 29 heavy (non-hydrogen) atoms. The van der Waals surface area contributed by atoms with E-state index >= 15 is 0 Å². The maximum atomic E-state index is 12.7. The van der Waals surface area contributed by atoms with Crippen LogP contribution in [0.5, 0.6) is 5.75 Å². The van der Waals surface area contributed by atoms with Crippen LogP contribution >= 0.6 is 11.8 Å². The zero-order chi connectivity index (χ0) is 22.0. The van der Waals surface area contributed by atoms with Gasteiger partial charge in [0.05, 0.1) is 6.04 Å². The molecule has 9 heteroatoms. The molecule has 0 radical (unpaired) electrons. The minimum Gasteiger partial charge on any atom is -0.508 e. The Morgan fingerprint density at radius 2 is 1.76 bits per heavy atom. The van der Waals surface area contributed by atoms with Crippen molar-refractivity contribution in [3.05, 3.63) is 29.8 Å². The SMILES string of the molecule is CCC(C)C(NC(=O)C(N)Cc1ccc(O)cc1)C(=O)NC(CCSC)C(=O)O. The summed E-state index contributed by atoms with van der Waals surface area (Å²) in [4.78, 5) is 36.7. The summed E-state index contributed by atoms with van der Waals surface area (Å²) in [5, 5.41) is 23.9. The largest absolute Gasteiger partial charge is 0.508 e. The van der Waals surface area contributed by atoms with E-state index in [4.69, 9.17) is 5.73 Å². The van der Waals surface area contributed by atoms with Gasteiger partial charge >= 0.3 is 5.97 Å². The third-order valence-corrected chi connectivity index (χ3v) is 5.39. The van der Waals surface area contributed by atoms with Crippen LogP contribution in [-0.4, -0.2) is 58.1 Å². The van der Waals surface area contributed by atoms with Gasteiger partial charge in [0.1, 0.15) is 17.8 Å². The molecule has 2 amide bonds. The second kappa shape index (κ2) is 12.3. The van der Waals surface area contributed by atoms with Crippen LogP contribution in [0.1, 0.15) is 32.3 Å². The highest BCUT2D eigenvalue weighted by molar-refractivity contribution is 7.98. The summed E-state index contributed by atoms with van der Waals surface area (Å²) >= 11 is 1.49. The van der Waals surface area contributed by atoms with Gasteiger partial charge in [-0.1, -0.05) is 32.4 Å². The zero-order valence-electron chi connectivity index (χ0n) is 17.1. The predicted octanol–water partition coefficient (Wildman–Crippen LogP) is 1.12. The van der Waals surface area contributed by atoms with Gasteiger partial charge in [-0.3, -0.25) is 9.59 Å². The lowest BCUT2D eigenvalue weighted by Crippen LogP contribution is -2.57. The first kappa shape index (κ1) is 24.8. The minimum atomic E-state index is -1.11. The van der Waals surface area contributed by atoms with Gasteiger partial charge in [0.25, 0.3) is 0 Å². The van der Waals surface area contributed by atoms with Gasteiger partial charge in [0, 0.05) is 0 Å². The number of hydrogen-bond acceptors (Lipinski definition) is 6. The van der Waals surface area contributed by atoms with Gasteiger partial charge in [-0.15, -0.1) is 0 Å². The van der Waals surface area contributed by atoms with Gasteiger partial charge < -0.3 is 26.6 Å². The summed E-state index contributed by atoms with van der Waals surface area (Å²) in [5.74, 6) is -1.61. The van der Waals surface area contributed by atoms with Crippen molar-refractivity contribution in [2.45, 2.75) is 51.2 Å². The number of phenols is 1. The van der Waals surface area contributed by atoms with Gasteiger partial charge in [-0.25, -0.2) is 4.79 Å². The lowest BCUT2D eigenvalue weighted by molar-refractivity contribution is -0.142. The van der Waals surface area contributed by atoms with Crippen molar-refractivity contribution in [3.8, 4) is 5.75 Å². The highest BCUT2D eigenvalue weighted by atomic mass is 32.2. The Morgan fingerprint density at radius 1 is 1.14 bits per heavy atom. The molecule has 0 spiro atoms. The molecule has 4 unspecified atom stereocenters. The Labute approximate surface area is 175 Å². The fraction of sp³-hybridized carbons (Fsp3) is 0.550. The van der Waals surface area contributed by atoms with Gasteiger partial charge in [0.2, 0.25) is 11.8 Å². The van der Waals surface area contributed by atoms with Gasteiger partial charge in [0.15, 0.2) is 0 Å². The van der Waals surface area contributed by atoms with E-state index in [2.05, 4.69) is 10.6 Å². The van der Waals surface area contributed by atoms with E-state index < -0.39 is 35.9 Å². The summed E-state index contributed by atoms with van der Waals surface area (Å²) in [5.41, 5.74) is 6.77. The normalized spacial score (nSPS) is 15.0. The maximum absolute atomic E-state index is 12.7. The number of carboxylic acid groups (broad SMARTS) is 1. The number of nitrogens with two attached hydrogens (primary N) is 1. The summed E-state index contributed by atoms with van der Waals surface area (Å²) in [6, 6.07) is 3.59. The maximum Gasteiger partial charge on any atom is 0.326 e. The number of hydrogen-bond donors (Lipinski definition) is 5. The molecular weight excluding hydrogens is 394 g/mol. The van der Waals surface area contributed by atoms with E-state index in [1.54, 1.807) is 12.1 Å². The predicted molar refractivity (Wildman–Crippen MR) is 114 cm³/mol. The van der Waals surface area contributed by atoms with Gasteiger partial charge in [-0.2, -0.15) is 11.8 Å². The van der Waals surface area contributed by atoms with Crippen molar-refractivity contribution in [3.63, 3.8) is 0 Å². The number of carbonyl (C=O) groups excluding carboxylic acids is 2. The van der Waals surface area contributed by atoms with Crippen LogP contribution in [0, 0.1) is 5.92 Å². The Balaban J connectivity index is 2.80. The quantitative estimate of drug-likeness (QED) is 0.338. The van der Waals surface area contributed by atoms with Crippen molar-refractivity contribution in [1.29, 1.82) is 0 Å². The number of aromatic hydroxyl groups is 1. The molecule has 0 fully saturated rings. The summed E-state index contributed by atoms with van der Waals surface area (Å²) in [7, 11) is 0. The summed E-state index contributed by atoms with van der Waals surface area (Å²) in [6.07, 6.45) is 3.02. The number of carboxylic acids is 1. The van der Waals surface area contributed by atoms with Crippen molar-refractivity contribution in [1.82, 2.24) is 10.6 Å². The first-order chi connectivity index (χ1) is 13.7. The molecule has 162 valence electrons. The second-order valence-electron chi connectivity index (χ2n) is 7.03. The second-order valence-corrected chi connectivity index (χ2v) is 8.02. The Hall–Kier alpha value is -2.26. The van der Waals surface area contributed by atoms with E-state index in [1.807, 2.05) is 20.1 Å². The van der Waals surface area contributed by atoms with Crippen LogP contribution in [0.3, 0.4) is 0 Å². The van der Waals surface area contributed by atoms with Crippen LogP contribution in [0.25, 0.3) is 0 Å². The molecule has 1 rings (SSSR count). The van der Waals surface area contributed by atoms with Gasteiger partial charge in [-0.05, 0) is 48.5 Å². The third-order valence-electron chi connectivity index (χ3n) is 4.75. The molecular formula is C20H31N3O5S. The molecule has 0 aromatic heterocycles. The number of rotatable bonds is 12.